The number of rotatable bonds is 4. The van der Waals surface area contributed by atoms with E-state index in [2.05, 4.69) is 0 Å². The van der Waals surface area contributed by atoms with Gasteiger partial charge in [-0.2, -0.15) is 0 Å². The predicted octanol–water partition coefficient (Wildman–Crippen LogP) is 2.38. The van der Waals surface area contributed by atoms with Crippen LogP contribution in [-0.2, 0) is 0 Å². The molecule has 2 N–H and O–H groups in total. The van der Waals surface area contributed by atoms with Crippen molar-refractivity contribution in [3.63, 3.8) is 0 Å². The van der Waals surface area contributed by atoms with Crippen molar-refractivity contribution in [2.75, 3.05) is 7.11 Å². The Morgan fingerprint density at radius 2 is 1.62 bits per heavy atom. The topological polar surface area (TPSA) is 58.9 Å². The minimum absolute atomic E-state index is 0.395. The summed E-state index contributed by atoms with van der Waals surface area (Å²) in [6, 6.07) is 14.8. The zero-order chi connectivity index (χ0) is 14.8. The van der Waals surface area contributed by atoms with Crippen molar-refractivity contribution in [3.8, 4) is 17.2 Å². The first kappa shape index (κ1) is 13.9. The smallest absolute Gasteiger partial charge is 0.497 e. The minimum Gasteiger partial charge on any atom is -0.497 e. The molecule has 0 saturated carbocycles. The lowest BCUT2D eigenvalue weighted by Gasteiger charge is -2.08. The Morgan fingerprint density at radius 1 is 0.952 bits per heavy atom. The molecular formula is C15H13BO4S. The lowest BCUT2D eigenvalue weighted by molar-refractivity contribution is 0.412. The van der Waals surface area contributed by atoms with E-state index >= 15 is 0 Å². The van der Waals surface area contributed by atoms with Crippen LogP contribution in [0, 0.1) is 0 Å². The quantitative estimate of drug-likeness (QED) is 0.726. The molecule has 0 amide bonds. The molecule has 6 heteroatoms. The van der Waals surface area contributed by atoms with Gasteiger partial charge in [-0.1, -0.05) is 12.1 Å². The maximum atomic E-state index is 9.53. The Bertz CT molecular complexity index is 752. The van der Waals surface area contributed by atoms with Crippen LogP contribution in [0.25, 0.3) is 10.1 Å². The average molecular weight is 300 g/mol. The molecule has 21 heavy (non-hydrogen) atoms. The second-order valence-electron chi connectivity index (χ2n) is 4.44. The molecule has 0 fully saturated rings. The van der Waals surface area contributed by atoms with Crippen LogP contribution in [0.3, 0.4) is 0 Å². The Hall–Kier alpha value is -2.02. The fourth-order valence-electron chi connectivity index (χ4n) is 2.08. The van der Waals surface area contributed by atoms with Gasteiger partial charge in [-0.3, -0.25) is 0 Å². The molecule has 0 unspecified atom stereocenters. The lowest BCUT2D eigenvalue weighted by atomic mass is 9.88. The maximum Gasteiger partial charge on any atom is 0.503 e. The summed E-state index contributed by atoms with van der Waals surface area (Å²) < 4.78 is 12.3. The normalized spacial score (nSPS) is 10.6. The molecule has 0 aliphatic heterocycles. The Kier molecular flexibility index (Phi) is 3.83. The summed E-state index contributed by atoms with van der Waals surface area (Å²) in [5.41, 5.74) is 0. The van der Waals surface area contributed by atoms with E-state index in [0.29, 0.717) is 16.3 Å². The number of hydrogen-bond acceptors (Lipinski definition) is 5. The molecule has 106 valence electrons. The Morgan fingerprint density at radius 3 is 2.29 bits per heavy atom. The van der Waals surface area contributed by atoms with Crippen LogP contribution >= 0.6 is 11.3 Å². The van der Waals surface area contributed by atoms with Gasteiger partial charge in [-0.15, -0.1) is 11.3 Å². The third-order valence-corrected chi connectivity index (χ3v) is 4.28. The monoisotopic (exact) mass is 300 g/mol. The number of fused-ring (bicyclic) bond motifs is 1. The van der Waals surface area contributed by atoms with Crippen molar-refractivity contribution in [2.45, 2.75) is 0 Å². The molecule has 0 bridgehead atoms. The molecule has 0 saturated heterocycles. The summed E-state index contributed by atoms with van der Waals surface area (Å²) in [6.45, 7) is 0. The number of thiophene rings is 1. The number of ether oxygens (including phenoxy) is 2. The summed E-state index contributed by atoms with van der Waals surface area (Å²) >= 11 is 1.31. The molecule has 2 aromatic carbocycles. The zero-order valence-corrected chi connectivity index (χ0v) is 12.1. The third-order valence-electron chi connectivity index (χ3n) is 3.09. The van der Waals surface area contributed by atoms with Crippen molar-refractivity contribution in [1.82, 2.24) is 0 Å². The van der Waals surface area contributed by atoms with Gasteiger partial charge in [0.25, 0.3) is 0 Å². The van der Waals surface area contributed by atoms with E-state index in [0.717, 1.165) is 15.8 Å². The Balaban J connectivity index is 2.03. The van der Waals surface area contributed by atoms with Gasteiger partial charge in [0, 0.05) is 10.1 Å². The number of benzene rings is 2. The van der Waals surface area contributed by atoms with E-state index in [-0.39, 0.29) is 0 Å². The first-order chi connectivity index (χ1) is 10.2. The van der Waals surface area contributed by atoms with Gasteiger partial charge in [-0.25, -0.2) is 0 Å². The molecule has 0 aliphatic rings. The highest BCUT2D eigenvalue weighted by atomic mass is 32.1. The molecule has 1 aromatic heterocycles. The molecule has 1 heterocycles. The van der Waals surface area contributed by atoms with E-state index < -0.39 is 7.12 Å². The van der Waals surface area contributed by atoms with Crippen molar-refractivity contribution < 1.29 is 19.5 Å². The summed E-state index contributed by atoms with van der Waals surface area (Å²) in [5.74, 6) is 1.83. The van der Waals surface area contributed by atoms with Gasteiger partial charge in [0.15, 0.2) is 0 Å². The van der Waals surface area contributed by atoms with Gasteiger partial charge < -0.3 is 19.5 Å². The molecule has 0 radical (unpaired) electrons. The molecule has 0 aliphatic carbocycles. The van der Waals surface area contributed by atoms with E-state index in [1.54, 1.807) is 31.4 Å². The van der Waals surface area contributed by atoms with Crippen LogP contribution < -0.4 is 14.3 Å². The SMILES string of the molecule is COc1ccc(Oc2c(B(O)O)sc3ccccc23)cc1. The van der Waals surface area contributed by atoms with Gasteiger partial charge in [0.1, 0.15) is 17.2 Å². The lowest BCUT2D eigenvalue weighted by Crippen LogP contribution is -2.27. The van der Waals surface area contributed by atoms with E-state index in [1.165, 1.54) is 11.3 Å². The third kappa shape index (κ3) is 2.74. The highest BCUT2D eigenvalue weighted by Gasteiger charge is 2.23. The fourth-order valence-corrected chi connectivity index (χ4v) is 3.08. The van der Waals surface area contributed by atoms with E-state index in [4.69, 9.17) is 9.47 Å². The van der Waals surface area contributed by atoms with Crippen LogP contribution in [0.4, 0.5) is 0 Å². The number of methoxy groups -OCH3 is 1. The second kappa shape index (κ2) is 5.77. The minimum atomic E-state index is -1.56. The first-order valence-corrected chi connectivity index (χ1v) is 7.20. The van der Waals surface area contributed by atoms with Crippen LogP contribution in [0.1, 0.15) is 0 Å². The summed E-state index contributed by atoms with van der Waals surface area (Å²) in [7, 11) is 0.0401. The molecule has 0 spiro atoms. The van der Waals surface area contributed by atoms with Crippen LogP contribution in [0.15, 0.2) is 48.5 Å². The van der Waals surface area contributed by atoms with Crippen LogP contribution in [0.5, 0.6) is 17.2 Å². The molecule has 0 atom stereocenters. The summed E-state index contributed by atoms with van der Waals surface area (Å²) in [4.78, 5) is 0. The van der Waals surface area contributed by atoms with Crippen molar-refractivity contribution in [1.29, 1.82) is 0 Å². The Labute approximate surface area is 126 Å². The van der Waals surface area contributed by atoms with Crippen LogP contribution in [-0.4, -0.2) is 24.3 Å². The largest absolute Gasteiger partial charge is 0.503 e. The highest BCUT2D eigenvalue weighted by molar-refractivity contribution is 7.28. The summed E-state index contributed by atoms with van der Waals surface area (Å²) in [6.07, 6.45) is 0. The van der Waals surface area contributed by atoms with Crippen LogP contribution in [0.2, 0.25) is 0 Å². The maximum absolute atomic E-state index is 9.53. The van der Waals surface area contributed by atoms with Gasteiger partial charge >= 0.3 is 7.12 Å². The number of hydrogen-bond donors (Lipinski definition) is 2. The van der Waals surface area contributed by atoms with Gasteiger partial charge in [-0.05, 0) is 36.4 Å². The summed E-state index contributed by atoms with van der Waals surface area (Å²) in [5, 5.41) is 19.9. The van der Waals surface area contributed by atoms with Gasteiger partial charge in [0.2, 0.25) is 0 Å². The molecule has 4 nitrogen and oxygen atoms in total. The highest BCUT2D eigenvalue weighted by Crippen LogP contribution is 2.33. The molecule has 3 aromatic rings. The van der Waals surface area contributed by atoms with E-state index in [1.807, 2.05) is 24.3 Å². The van der Waals surface area contributed by atoms with Crippen molar-refractivity contribution in [2.24, 2.45) is 0 Å². The molecule has 3 rings (SSSR count). The molecular weight excluding hydrogens is 287 g/mol. The van der Waals surface area contributed by atoms with Crippen molar-refractivity contribution >= 4 is 33.3 Å². The van der Waals surface area contributed by atoms with Crippen molar-refractivity contribution in [3.05, 3.63) is 48.5 Å². The fraction of sp³-hybridized carbons (Fsp3) is 0.0667. The van der Waals surface area contributed by atoms with E-state index in [9.17, 15) is 10.0 Å². The predicted molar refractivity (Wildman–Crippen MR) is 84.7 cm³/mol. The second-order valence-corrected chi connectivity index (χ2v) is 5.53. The average Bonchev–Trinajstić information content (AvgIpc) is 2.87. The zero-order valence-electron chi connectivity index (χ0n) is 11.3. The first-order valence-electron chi connectivity index (χ1n) is 6.38. The standard InChI is InChI=1S/C15H13BO4S/c1-19-10-6-8-11(9-7-10)20-14-12-4-2-3-5-13(12)21-15(14)16(17)18/h2-9,17-18H,1H3. The van der Waals surface area contributed by atoms with Gasteiger partial charge in [0.05, 0.1) is 11.9 Å².